The van der Waals surface area contributed by atoms with Gasteiger partial charge >= 0.3 is 0 Å². The Hall–Kier alpha value is -1.86. The first-order valence-electron chi connectivity index (χ1n) is 6.57. The summed E-state index contributed by atoms with van der Waals surface area (Å²) in [6, 6.07) is 7.40. The van der Waals surface area contributed by atoms with Crippen molar-refractivity contribution in [2.45, 2.75) is 6.54 Å². The second kappa shape index (κ2) is 6.93. The van der Waals surface area contributed by atoms with E-state index in [1.54, 1.807) is 16.9 Å². The number of aromatic nitrogens is 2. The Kier molecular flexibility index (Phi) is 5.20. The summed E-state index contributed by atoms with van der Waals surface area (Å²) in [4.78, 5) is 11.9. The molecule has 0 unspecified atom stereocenters. The van der Waals surface area contributed by atoms with Crippen molar-refractivity contribution in [2.75, 3.05) is 18.6 Å². The molecule has 2 rings (SSSR count). The molecule has 22 heavy (non-hydrogen) atoms. The molecule has 1 N–H and O–H groups in total. The van der Waals surface area contributed by atoms with E-state index in [1.165, 1.54) is 6.20 Å². The normalized spacial score (nSPS) is 11.4. The van der Waals surface area contributed by atoms with Crippen molar-refractivity contribution < 1.29 is 13.2 Å². The number of nitrogens with zero attached hydrogens (tertiary/aromatic N) is 2. The van der Waals surface area contributed by atoms with Crippen molar-refractivity contribution in [3.63, 3.8) is 0 Å². The van der Waals surface area contributed by atoms with Crippen LogP contribution in [0.15, 0.2) is 36.7 Å². The highest BCUT2D eigenvalue weighted by atomic mass is 35.5. The maximum absolute atomic E-state index is 11.9. The Labute approximate surface area is 134 Å². The highest BCUT2D eigenvalue weighted by Gasteiger charge is 2.10. The van der Waals surface area contributed by atoms with Gasteiger partial charge in [0.05, 0.1) is 24.1 Å². The van der Waals surface area contributed by atoms with E-state index in [-0.39, 0.29) is 18.2 Å². The van der Waals surface area contributed by atoms with E-state index >= 15 is 0 Å². The van der Waals surface area contributed by atoms with E-state index in [4.69, 9.17) is 11.6 Å². The molecule has 0 aliphatic carbocycles. The van der Waals surface area contributed by atoms with Gasteiger partial charge in [0.2, 0.25) is 0 Å². The number of hydrogen-bond donors (Lipinski definition) is 1. The van der Waals surface area contributed by atoms with Crippen LogP contribution in [0.2, 0.25) is 5.02 Å². The number of sulfone groups is 1. The second-order valence-corrected chi connectivity index (χ2v) is 7.57. The summed E-state index contributed by atoms with van der Waals surface area (Å²) in [6.07, 6.45) is 4.16. The fourth-order valence-electron chi connectivity index (χ4n) is 1.82. The number of halogens is 1. The molecule has 1 aromatic carbocycles. The van der Waals surface area contributed by atoms with E-state index in [0.717, 1.165) is 11.8 Å². The van der Waals surface area contributed by atoms with Crippen molar-refractivity contribution in [3.8, 4) is 0 Å². The molecule has 118 valence electrons. The second-order valence-electron chi connectivity index (χ2n) is 4.90. The summed E-state index contributed by atoms with van der Waals surface area (Å²) in [5, 5.41) is 7.29. The van der Waals surface area contributed by atoms with Crippen molar-refractivity contribution >= 4 is 27.3 Å². The van der Waals surface area contributed by atoms with Crippen LogP contribution in [0.3, 0.4) is 0 Å². The van der Waals surface area contributed by atoms with Crippen LogP contribution < -0.4 is 5.32 Å². The molecule has 1 heterocycles. The Balaban J connectivity index is 1.96. The van der Waals surface area contributed by atoms with Crippen LogP contribution in [-0.2, 0) is 16.4 Å². The van der Waals surface area contributed by atoms with Gasteiger partial charge in [0.1, 0.15) is 9.84 Å². The molecule has 0 bridgehead atoms. The average Bonchev–Trinajstić information content (AvgIpc) is 2.88. The third-order valence-electron chi connectivity index (χ3n) is 2.94. The first-order valence-corrected chi connectivity index (χ1v) is 9.01. The van der Waals surface area contributed by atoms with E-state index in [0.29, 0.717) is 17.1 Å². The van der Waals surface area contributed by atoms with Gasteiger partial charge in [-0.1, -0.05) is 29.8 Å². The Morgan fingerprint density at radius 2 is 2.09 bits per heavy atom. The zero-order chi connectivity index (χ0) is 16.2. The van der Waals surface area contributed by atoms with Crippen molar-refractivity contribution in [2.24, 2.45) is 0 Å². The first-order chi connectivity index (χ1) is 10.3. The lowest BCUT2D eigenvalue weighted by Gasteiger charge is -2.04. The van der Waals surface area contributed by atoms with Crippen LogP contribution in [0.1, 0.15) is 15.9 Å². The molecule has 1 amide bonds. The Morgan fingerprint density at radius 3 is 2.77 bits per heavy atom. The zero-order valence-electron chi connectivity index (χ0n) is 12.0. The highest BCUT2D eigenvalue weighted by molar-refractivity contribution is 7.90. The lowest BCUT2D eigenvalue weighted by molar-refractivity contribution is 0.0956. The van der Waals surface area contributed by atoms with E-state index in [9.17, 15) is 13.2 Å². The largest absolute Gasteiger partial charge is 0.351 e. The number of carbonyl (C=O) groups is 1. The summed E-state index contributed by atoms with van der Waals surface area (Å²) >= 11 is 6.08. The summed E-state index contributed by atoms with van der Waals surface area (Å²) < 4.78 is 23.6. The number of carbonyl (C=O) groups excluding carboxylic acids is 1. The third-order valence-corrected chi connectivity index (χ3v) is 4.26. The van der Waals surface area contributed by atoms with Gasteiger partial charge in [-0.25, -0.2) is 8.42 Å². The van der Waals surface area contributed by atoms with Crippen LogP contribution in [-0.4, -0.2) is 42.7 Å². The SMILES string of the molecule is CS(=O)(=O)CCNC(=O)c1cnn(Cc2ccccc2Cl)c1. The minimum absolute atomic E-state index is 0.0767. The van der Waals surface area contributed by atoms with E-state index in [2.05, 4.69) is 10.4 Å². The molecule has 6 nitrogen and oxygen atoms in total. The summed E-state index contributed by atoms with van der Waals surface area (Å²) in [5.74, 6) is -0.443. The van der Waals surface area contributed by atoms with Gasteiger partial charge in [-0.05, 0) is 11.6 Å². The smallest absolute Gasteiger partial charge is 0.254 e. The number of amides is 1. The minimum Gasteiger partial charge on any atom is -0.351 e. The zero-order valence-corrected chi connectivity index (χ0v) is 13.6. The molecule has 2 aromatic rings. The van der Waals surface area contributed by atoms with Crippen LogP contribution >= 0.6 is 11.6 Å². The highest BCUT2D eigenvalue weighted by Crippen LogP contribution is 2.16. The molecule has 0 fully saturated rings. The number of rotatable bonds is 6. The Morgan fingerprint density at radius 1 is 1.36 bits per heavy atom. The fraction of sp³-hybridized carbons (Fsp3) is 0.286. The maximum Gasteiger partial charge on any atom is 0.254 e. The van der Waals surface area contributed by atoms with Crippen LogP contribution in [0, 0.1) is 0 Å². The third kappa shape index (κ3) is 4.85. The van der Waals surface area contributed by atoms with Crippen molar-refractivity contribution in [3.05, 3.63) is 52.8 Å². The molecule has 0 saturated heterocycles. The molecule has 0 aliphatic heterocycles. The molecular formula is C14H16ClN3O3S. The van der Waals surface area contributed by atoms with Gasteiger partial charge in [-0.3, -0.25) is 9.48 Å². The fourth-order valence-corrected chi connectivity index (χ4v) is 2.49. The number of hydrogen-bond acceptors (Lipinski definition) is 4. The van der Waals surface area contributed by atoms with E-state index < -0.39 is 9.84 Å². The van der Waals surface area contributed by atoms with Gasteiger partial charge in [0, 0.05) is 24.0 Å². The predicted molar refractivity (Wildman–Crippen MR) is 84.8 cm³/mol. The van der Waals surface area contributed by atoms with Gasteiger partial charge in [0.15, 0.2) is 0 Å². The monoisotopic (exact) mass is 341 g/mol. The Bertz CT molecular complexity index is 771. The summed E-state index contributed by atoms with van der Waals surface area (Å²) in [7, 11) is -3.09. The van der Waals surface area contributed by atoms with Gasteiger partial charge < -0.3 is 5.32 Å². The molecule has 1 aromatic heterocycles. The molecule has 0 radical (unpaired) electrons. The van der Waals surface area contributed by atoms with E-state index in [1.807, 2.05) is 18.2 Å². The molecule has 0 spiro atoms. The molecule has 8 heteroatoms. The lowest BCUT2D eigenvalue weighted by Crippen LogP contribution is -2.28. The minimum atomic E-state index is -3.09. The molecule has 0 atom stereocenters. The lowest BCUT2D eigenvalue weighted by atomic mass is 10.2. The topological polar surface area (TPSA) is 81.1 Å². The summed E-state index contributed by atoms with van der Waals surface area (Å²) in [5.41, 5.74) is 1.27. The quantitative estimate of drug-likeness (QED) is 0.860. The van der Waals surface area contributed by atoms with Gasteiger partial charge in [-0.15, -0.1) is 0 Å². The summed E-state index contributed by atoms with van der Waals surface area (Å²) in [6.45, 7) is 0.531. The predicted octanol–water partition coefficient (Wildman–Crippen LogP) is 1.36. The van der Waals surface area contributed by atoms with Gasteiger partial charge in [-0.2, -0.15) is 5.10 Å². The van der Waals surface area contributed by atoms with Gasteiger partial charge in [0.25, 0.3) is 5.91 Å². The standard InChI is InChI=1S/C14H16ClN3O3S/c1-22(20,21)7-6-16-14(19)12-8-17-18(10-12)9-11-4-2-3-5-13(11)15/h2-5,8,10H,6-7,9H2,1H3,(H,16,19). The molecule has 0 saturated carbocycles. The van der Waals surface area contributed by atoms with Crippen LogP contribution in [0.4, 0.5) is 0 Å². The molecular weight excluding hydrogens is 326 g/mol. The van der Waals surface area contributed by atoms with Crippen LogP contribution in [0.25, 0.3) is 0 Å². The molecule has 0 aliphatic rings. The van der Waals surface area contributed by atoms with Crippen molar-refractivity contribution in [1.82, 2.24) is 15.1 Å². The van der Waals surface area contributed by atoms with Crippen molar-refractivity contribution in [1.29, 1.82) is 0 Å². The van der Waals surface area contributed by atoms with Crippen LogP contribution in [0.5, 0.6) is 0 Å². The average molecular weight is 342 g/mol. The number of benzene rings is 1. The number of nitrogens with one attached hydrogen (secondary N) is 1. The maximum atomic E-state index is 11.9. The first kappa shape index (κ1) is 16.5.